The summed E-state index contributed by atoms with van der Waals surface area (Å²) in [5, 5.41) is 0. The largest absolute Gasteiger partial charge is 0.383 e. The number of hydrogen-bond donors (Lipinski definition) is 1. The van der Waals surface area contributed by atoms with Gasteiger partial charge >= 0.3 is 0 Å². The average molecular weight is 262 g/mol. The Morgan fingerprint density at radius 2 is 1.95 bits per heavy atom. The number of nitrogens with two attached hydrogens (primary N) is 1. The van der Waals surface area contributed by atoms with Gasteiger partial charge in [-0.2, -0.15) is 0 Å². The van der Waals surface area contributed by atoms with Crippen molar-refractivity contribution in [3.63, 3.8) is 0 Å². The minimum atomic E-state index is 0.262. The van der Waals surface area contributed by atoms with Gasteiger partial charge in [-0.1, -0.05) is 24.3 Å². The first-order valence-electron chi connectivity index (χ1n) is 7.18. The monoisotopic (exact) mass is 262 g/mol. The third-order valence-electron chi connectivity index (χ3n) is 4.19. The van der Waals surface area contributed by atoms with Crippen LogP contribution in [0.3, 0.4) is 0 Å². The molecule has 1 aromatic rings. The topological polar surface area (TPSA) is 38.5 Å². The average Bonchev–Trinajstić information content (AvgIpc) is 3.25. The number of rotatable bonds is 7. The van der Waals surface area contributed by atoms with Gasteiger partial charge in [0.1, 0.15) is 0 Å². The first-order chi connectivity index (χ1) is 9.17. The van der Waals surface area contributed by atoms with Crippen LogP contribution in [-0.4, -0.2) is 38.3 Å². The van der Waals surface area contributed by atoms with E-state index in [1.54, 1.807) is 7.11 Å². The molecule has 2 N–H and O–H groups in total. The van der Waals surface area contributed by atoms with Crippen LogP contribution in [0.5, 0.6) is 0 Å². The van der Waals surface area contributed by atoms with E-state index in [1.165, 1.54) is 24.0 Å². The summed E-state index contributed by atoms with van der Waals surface area (Å²) >= 11 is 0. The molecule has 1 aromatic carbocycles. The minimum absolute atomic E-state index is 0.262. The molecule has 2 atom stereocenters. The molecule has 1 fully saturated rings. The Hall–Kier alpha value is -0.900. The van der Waals surface area contributed by atoms with Crippen LogP contribution in [-0.2, 0) is 4.74 Å². The first-order valence-corrected chi connectivity index (χ1v) is 7.18. The molecule has 0 aliphatic heterocycles. The zero-order chi connectivity index (χ0) is 13.8. The quantitative estimate of drug-likeness (QED) is 0.820. The van der Waals surface area contributed by atoms with Crippen LogP contribution in [0, 0.1) is 0 Å². The van der Waals surface area contributed by atoms with Crippen LogP contribution in [0.25, 0.3) is 0 Å². The van der Waals surface area contributed by atoms with E-state index in [4.69, 9.17) is 10.5 Å². The van der Waals surface area contributed by atoms with Gasteiger partial charge in [-0.25, -0.2) is 0 Å². The number of nitrogens with zero attached hydrogens (tertiary/aromatic N) is 1. The van der Waals surface area contributed by atoms with E-state index in [-0.39, 0.29) is 6.04 Å². The Balaban J connectivity index is 2.07. The number of ether oxygens (including phenoxy) is 1. The lowest BCUT2D eigenvalue weighted by molar-refractivity contribution is 0.0910. The highest BCUT2D eigenvalue weighted by Gasteiger charge is 2.24. The molecular weight excluding hydrogens is 236 g/mol. The zero-order valence-electron chi connectivity index (χ0n) is 12.3. The molecular formula is C16H26N2O. The standard InChI is InChI=1S/C16H26N2O/c1-12(11-19-3)18(2)16(10-17)15-8-6-14(7-9-15)13-4-5-13/h6-9,12-13,16H,4-5,10-11,17H2,1-3H3. The summed E-state index contributed by atoms with van der Waals surface area (Å²) in [6.45, 7) is 3.53. The van der Waals surface area contributed by atoms with Crippen molar-refractivity contribution in [2.24, 2.45) is 5.73 Å². The van der Waals surface area contributed by atoms with E-state index in [2.05, 4.69) is 43.1 Å². The van der Waals surface area contributed by atoms with Crippen molar-refractivity contribution in [1.29, 1.82) is 0 Å². The van der Waals surface area contributed by atoms with Crippen molar-refractivity contribution >= 4 is 0 Å². The van der Waals surface area contributed by atoms with E-state index in [1.807, 2.05) is 0 Å². The van der Waals surface area contributed by atoms with Crippen molar-refractivity contribution in [2.45, 2.75) is 37.8 Å². The molecule has 0 saturated heterocycles. The van der Waals surface area contributed by atoms with Gasteiger partial charge in [-0.05, 0) is 43.9 Å². The van der Waals surface area contributed by atoms with Crippen molar-refractivity contribution < 1.29 is 4.74 Å². The fraction of sp³-hybridized carbons (Fsp3) is 0.625. The molecule has 0 radical (unpaired) electrons. The molecule has 2 unspecified atom stereocenters. The van der Waals surface area contributed by atoms with Gasteiger partial charge in [0.05, 0.1) is 6.61 Å². The molecule has 1 aliphatic rings. The normalized spacial score (nSPS) is 18.6. The maximum Gasteiger partial charge on any atom is 0.0615 e. The third kappa shape index (κ3) is 3.56. The van der Waals surface area contributed by atoms with E-state index in [0.717, 1.165) is 12.5 Å². The van der Waals surface area contributed by atoms with Crippen molar-refractivity contribution in [2.75, 3.05) is 27.3 Å². The summed E-state index contributed by atoms with van der Waals surface area (Å²) in [6.07, 6.45) is 2.70. The van der Waals surface area contributed by atoms with Crippen LogP contribution in [0.1, 0.15) is 42.9 Å². The predicted molar refractivity (Wildman–Crippen MR) is 79.3 cm³/mol. The lowest BCUT2D eigenvalue weighted by atomic mass is 10.0. The fourth-order valence-corrected chi connectivity index (χ4v) is 2.61. The molecule has 0 amide bonds. The summed E-state index contributed by atoms with van der Waals surface area (Å²) in [6, 6.07) is 9.64. The SMILES string of the molecule is COCC(C)N(C)C(CN)c1ccc(C2CC2)cc1. The molecule has 106 valence electrons. The molecule has 1 saturated carbocycles. The van der Waals surface area contributed by atoms with Crippen LogP contribution < -0.4 is 5.73 Å². The number of hydrogen-bond acceptors (Lipinski definition) is 3. The molecule has 3 heteroatoms. The minimum Gasteiger partial charge on any atom is -0.383 e. The van der Waals surface area contributed by atoms with Crippen molar-refractivity contribution in [3.8, 4) is 0 Å². The summed E-state index contributed by atoms with van der Waals surface area (Å²) in [5.74, 6) is 0.815. The number of methoxy groups -OCH3 is 1. The van der Waals surface area contributed by atoms with Crippen LogP contribution in [0.4, 0.5) is 0 Å². The molecule has 0 spiro atoms. The summed E-state index contributed by atoms with van der Waals surface area (Å²) in [7, 11) is 3.86. The second-order valence-electron chi connectivity index (χ2n) is 5.66. The molecule has 19 heavy (non-hydrogen) atoms. The van der Waals surface area contributed by atoms with Gasteiger partial charge in [0, 0.05) is 25.7 Å². The van der Waals surface area contributed by atoms with Gasteiger partial charge in [0.15, 0.2) is 0 Å². The fourth-order valence-electron chi connectivity index (χ4n) is 2.61. The van der Waals surface area contributed by atoms with Crippen LogP contribution >= 0.6 is 0 Å². The second kappa shape index (κ2) is 6.51. The zero-order valence-corrected chi connectivity index (χ0v) is 12.3. The molecule has 3 nitrogen and oxygen atoms in total. The Morgan fingerprint density at radius 1 is 1.32 bits per heavy atom. The molecule has 0 bridgehead atoms. The van der Waals surface area contributed by atoms with Crippen LogP contribution in [0.2, 0.25) is 0 Å². The van der Waals surface area contributed by atoms with Gasteiger partial charge in [-0.15, -0.1) is 0 Å². The van der Waals surface area contributed by atoms with Crippen LogP contribution in [0.15, 0.2) is 24.3 Å². The smallest absolute Gasteiger partial charge is 0.0615 e. The van der Waals surface area contributed by atoms with Gasteiger partial charge in [-0.3, -0.25) is 4.90 Å². The van der Waals surface area contributed by atoms with Crippen molar-refractivity contribution in [3.05, 3.63) is 35.4 Å². The maximum atomic E-state index is 5.97. The molecule has 1 aliphatic carbocycles. The maximum absolute atomic E-state index is 5.97. The molecule has 0 aromatic heterocycles. The highest BCUT2D eigenvalue weighted by atomic mass is 16.5. The van der Waals surface area contributed by atoms with Gasteiger partial charge in [0.25, 0.3) is 0 Å². The summed E-state index contributed by atoms with van der Waals surface area (Å²) in [4.78, 5) is 2.30. The van der Waals surface area contributed by atoms with E-state index in [0.29, 0.717) is 12.6 Å². The van der Waals surface area contributed by atoms with E-state index >= 15 is 0 Å². The second-order valence-corrected chi connectivity index (χ2v) is 5.66. The Kier molecular flexibility index (Phi) is 4.97. The predicted octanol–water partition coefficient (Wildman–Crippen LogP) is 2.53. The van der Waals surface area contributed by atoms with Gasteiger partial charge < -0.3 is 10.5 Å². The first kappa shape index (κ1) is 14.5. The summed E-state index contributed by atoms with van der Waals surface area (Å²) in [5.41, 5.74) is 8.75. The molecule has 0 heterocycles. The van der Waals surface area contributed by atoms with E-state index in [9.17, 15) is 0 Å². The Morgan fingerprint density at radius 3 is 2.42 bits per heavy atom. The molecule has 2 rings (SSSR count). The number of likely N-dealkylation sites (N-methyl/N-ethyl adjacent to an activating group) is 1. The summed E-state index contributed by atoms with van der Waals surface area (Å²) < 4.78 is 5.23. The lowest BCUT2D eigenvalue weighted by Crippen LogP contribution is -2.39. The highest BCUT2D eigenvalue weighted by Crippen LogP contribution is 2.40. The van der Waals surface area contributed by atoms with Crippen molar-refractivity contribution in [1.82, 2.24) is 4.90 Å². The van der Waals surface area contributed by atoms with Gasteiger partial charge in [0.2, 0.25) is 0 Å². The lowest BCUT2D eigenvalue weighted by Gasteiger charge is -2.32. The third-order valence-corrected chi connectivity index (χ3v) is 4.19. The number of benzene rings is 1. The Labute approximate surface area is 116 Å². The van der Waals surface area contributed by atoms with E-state index < -0.39 is 0 Å². The highest BCUT2D eigenvalue weighted by molar-refractivity contribution is 5.30. The Bertz CT molecular complexity index is 386.